The predicted octanol–water partition coefficient (Wildman–Crippen LogP) is 8.76. The van der Waals surface area contributed by atoms with E-state index in [0.29, 0.717) is 0 Å². The van der Waals surface area contributed by atoms with E-state index >= 15 is 0 Å². The highest BCUT2D eigenvalue weighted by molar-refractivity contribution is 7.96. The molecule has 0 amide bonds. The van der Waals surface area contributed by atoms with Gasteiger partial charge < -0.3 is 4.74 Å². The maximum Gasteiger partial charge on any atom is 0.135 e. The van der Waals surface area contributed by atoms with E-state index in [-0.39, 0.29) is 10.8 Å². The van der Waals surface area contributed by atoms with Gasteiger partial charge in [-0.05, 0) is 51.8 Å². The molecule has 0 saturated carbocycles. The summed E-state index contributed by atoms with van der Waals surface area (Å²) in [6.45, 7) is 13.3. The van der Waals surface area contributed by atoms with Gasteiger partial charge in [0.1, 0.15) is 11.5 Å². The minimum Gasteiger partial charge on any atom is -0.457 e. The van der Waals surface area contributed by atoms with Crippen LogP contribution in [0.1, 0.15) is 63.8 Å². The second kappa shape index (κ2) is 9.18. The van der Waals surface area contributed by atoms with Crippen LogP contribution in [0.2, 0.25) is 0 Å². The molecule has 0 N–H and O–H groups in total. The molecule has 0 unspecified atom stereocenters. The lowest BCUT2D eigenvalue weighted by Crippen LogP contribution is -2.11. The predicted molar refractivity (Wildman–Crippen MR) is 142 cm³/mol. The Bertz CT molecular complexity index is 1070. The molecule has 1 nitrogen and oxygen atoms in total. The van der Waals surface area contributed by atoms with E-state index < -0.39 is 0 Å². The van der Waals surface area contributed by atoms with Crippen molar-refractivity contribution in [3.8, 4) is 11.5 Å². The molecule has 162 valence electrons. The molecule has 0 atom stereocenters. The molecule has 0 aliphatic rings. The summed E-state index contributed by atoms with van der Waals surface area (Å²) in [5, 5.41) is 0. The summed E-state index contributed by atoms with van der Waals surface area (Å²) >= 11 is 9.68. The summed E-state index contributed by atoms with van der Waals surface area (Å²) in [6.07, 6.45) is 0. The van der Waals surface area contributed by atoms with Crippen LogP contribution in [-0.2, 0) is 10.8 Å². The Morgan fingerprint density at radius 2 is 1.19 bits per heavy atom. The first-order valence-corrected chi connectivity index (χ1v) is 11.5. The van der Waals surface area contributed by atoms with Gasteiger partial charge in [0.25, 0.3) is 0 Å². The Kier molecular flexibility index (Phi) is 6.98. The molecule has 0 aliphatic carbocycles. The average molecular weight is 449 g/mol. The van der Waals surface area contributed by atoms with Gasteiger partial charge in [0.05, 0.1) is 0 Å². The number of hydrogen-bond acceptors (Lipinski definition) is 3. The molecule has 31 heavy (non-hydrogen) atoms. The second-order valence-electron chi connectivity index (χ2n) is 9.90. The van der Waals surface area contributed by atoms with Crippen molar-refractivity contribution in [2.75, 3.05) is 0 Å². The number of benzene rings is 3. The molecule has 3 aromatic rings. The lowest BCUT2D eigenvalue weighted by atomic mass is 9.86. The van der Waals surface area contributed by atoms with Crippen LogP contribution in [0.15, 0.2) is 72.8 Å². The minimum absolute atomic E-state index is 0.0131. The summed E-state index contributed by atoms with van der Waals surface area (Å²) in [5.41, 5.74) is 4.58. The van der Waals surface area contributed by atoms with Gasteiger partial charge in [-0.2, -0.15) is 0 Å². The molecule has 0 saturated heterocycles. The van der Waals surface area contributed by atoms with E-state index in [2.05, 4.69) is 65.8 Å². The van der Waals surface area contributed by atoms with Gasteiger partial charge in [-0.3, -0.25) is 0 Å². The molecular weight excluding hydrogens is 416 g/mol. The van der Waals surface area contributed by atoms with Crippen LogP contribution >= 0.6 is 25.3 Å². The van der Waals surface area contributed by atoms with Crippen LogP contribution < -0.4 is 4.74 Å². The molecular formula is C28H32OS2. The second-order valence-corrected chi connectivity index (χ2v) is 10.8. The van der Waals surface area contributed by atoms with Crippen LogP contribution in [0, 0.1) is 0 Å². The first kappa shape index (κ1) is 23.6. The van der Waals surface area contributed by atoms with Gasteiger partial charge in [0.15, 0.2) is 0 Å². The zero-order valence-electron chi connectivity index (χ0n) is 19.2. The standard InChI is InChI=1S/C28H32OS2/c1-27(2,3)20-12-15-22(16-13-20)29-24-17-14-21(28(4,5)6)18-23(24)26(31)25(30)19-10-8-7-9-11-19/h7-18,30-31H,1-6H3/b26-25-. The Morgan fingerprint density at radius 1 is 0.645 bits per heavy atom. The molecule has 3 aromatic carbocycles. The van der Waals surface area contributed by atoms with Gasteiger partial charge in [-0.1, -0.05) is 90.1 Å². The van der Waals surface area contributed by atoms with Crippen molar-refractivity contribution in [1.82, 2.24) is 0 Å². The summed E-state index contributed by atoms with van der Waals surface area (Å²) in [4.78, 5) is 1.62. The van der Waals surface area contributed by atoms with Gasteiger partial charge in [-0.25, -0.2) is 0 Å². The summed E-state index contributed by atoms with van der Waals surface area (Å²) in [7, 11) is 0. The molecule has 0 fully saturated rings. The molecule has 0 spiro atoms. The highest BCUT2D eigenvalue weighted by Crippen LogP contribution is 2.40. The monoisotopic (exact) mass is 448 g/mol. The lowest BCUT2D eigenvalue weighted by Gasteiger charge is -2.22. The Balaban J connectivity index is 2.06. The molecule has 0 aromatic heterocycles. The van der Waals surface area contributed by atoms with Crippen LogP contribution in [0.3, 0.4) is 0 Å². The minimum atomic E-state index is 0.0131. The fourth-order valence-corrected chi connectivity index (χ4v) is 3.85. The largest absolute Gasteiger partial charge is 0.457 e. The third-order valence-electron chi connectivity index (χ3n) is 5.32. The summed E-state index contributed by atoms with van der Waals surface area (Å²) in [6, 6.07) is 24.7. The maximum atomic E-state index is 6.33. The molecule has 0 aliphatic heterocycles. The lowest BCUT2D eigenvalue weighted by molar-refractivity contribution is 0.479. The molecule has 3 rings (SSSR count). The average Bonchev–Trinajstić information content (AvgIpc) is 2.72. The highest BCUT2D eigenvalue weighted by Gasteiger charge is 2.19. The van der Waals surface area contributed by atoms with E-state index in [9.17, 15) is 0 Å². The number of ether oxygens (including phenoxy) is 1. The van der Waals surface area contributed by atoms with Crippen molar-refractivity contribution in [2.45, 2.75) is 52.4 Å². The Labute approximate surface area is 198 Å². The van der Waals surface area contributed by atoms with Gasteiger partial charge in [0, 0.05) is 15.4 Å². The summed E-state index contributed by atoms with van der Waals surface area (Å²) < 4.78 is 6.33. The third-order valence-corrected chi connectivity index (χ3v) is 6.44. The zero-order valence-corrected chi connectivity index (χ0v) is 21.0. The van der Waals surface area contributed by atoms with Crippen LogP contribution in [0.4, 0.5) is 0 Å². The van der Waals surface area contributed by atoms with Crippen LogP contribution in [-0.4, -0.2) is 0 Å². The van der Waals surface area contributed by atoms with Crippen molar-refractivity contribution >= 4 is 35.1 Å². The normalized spacial score (nSPS) is 13.0. The van der Waals surface area contributed by atoms with Crippen molar-refractivity contribution in [3.63, 3.8) is 0 Å². The number of rotatable bonds is 4. The van der Waals surface area contributed by atoms with E-state index in [4.69, 9.17) is 30.0 Å². The van der Waals surface area contributed by atoms with Gasteiger partial charge in [-0.15, -0.1) is 25.3 Å². The topological polar surface area (TPSA) is 9.23 Å². The fraction of sp³-hybridized carbons (Fsp3) is 0.286. The Hall–Kier alpha value is -2.10. The maximum absolute atomic E-state index is 6.33. The molecule has 0 heterocycles. The van der Waals surface area contributed by atoms with E-state index in [1.54, 1.807) is 0 Å². The fourth-order valence-electron chi connectivity index (χ4n) is 3.28. The Morgan fingerprint density at radius 3 is 1.74 bits per heavy atom. The van der Waals surface area contributed by atoms with E-state index in [1.807, 2.05) is 48.5 Å². The SMILES string of the molecule is CC(C)(C)c1ccc(Oc2ccc(C(C)(C)C)cc2/C(S)=C(/S)c2ccccc2)cc1. The number of hydrogen-bond donors (Lipinski definition) is 2. The van der Waals surface area contributed by atoms with Crippen molar-refractivity contribution < 1.29 is 4.74 Å². The van der Waals surface area contributed by atoms with Crippen LogP contribution in [0.5, 0.6) is 11.5 Å². The van der Waals surface area contributed by atoms with E-state index in [0.717, 1.165) is 32.4 Å². The molecule has 0 radical (unpaired) electrons. The van der Waals surface area contributed by atoms with Crippen LogP contribution in [0.25, 0.3) is 9.81 Å². The highest BCUT2D eigenvalue weighted by atomic mass is 32.1. The van der Waals surface area contributed by atoms with Crippen molar-refractivity contribution in [2.24, 2.45) is 0 Å². The first-order chi connectivity index (χ1) is 14.5. The molecule has 0 bridgehead atoms. The smallest absolute Gasteiger partial charge is 0.135 e. The third kappa shape index (κ3) is 5.78. The van der Waals surface area contributed by atoms with Gasteiger partial charge >= 0.3 is 0 Å². The van der Waals surface area contributed by atoms with Crippen molar-refractivity contribution in [3.05, 3.63) is 95.1 Å². The summed E-state index contributed by atoms with van der Waals surface area (Å²) in [5.74, 6) is 1.57. The van der Waals surface area contributed by atoms with Gasteiger partial charge in [0.2, 0.25) is 0 Å². The number of thiol groups is 2. The quantitative estimate of drug-likeness (QED) is 0.299. The van der Waals surface area contributed by atoms with E-state index in [1.165, 1.54) is 11.1 Å². The molecule has 3 heteroatoms. The van der Waals surface area contributed by atoms with Crippen molar-refractivity contribution in [1.29, 1.82) is 0 Å². The zero-order chi connectivity index (χ0) is 22.8. The first-order valence-electron chi connectivity index (χ1n) is 10.6.